The van der Waals surface area contributed by atoms with Crippen molar-refractivity contribution in [2.24, 2.45) is 10.8 Å². The number of unbranched alkanes of at least 4 members (excludes halogenated alkanes) is 1. The Balaban J connectivity index is 2.78. The van der Waals surface area contributed by atoms with Gasteiger partial charge in [0.15, 0.2) is 0 Å². The minimum absolute atomic E-state index is 0.461. The number of para-hydroxylation sites is 1. The normalized spacial score (nSPS) is 11.7. The van der Waals surface area contributed by atoms with Crippen molar-refractivity contribution in [3.63, 3.8) is 0 Å². The Kier molecular flexibility index (Phi) is 6.22. The summed E-state index contributed by atoms with van der Waals surface area (Å²) in [5, 5.41) is 3.25. The van der Waals surface area contributed by atoms with E-state index in [0.717, 1.165) is 25.1 Å². The molecular formula is C14H24N4. The van der Waals surface area contributed by atoms with Gasteiger partial charge in [-0.15, -0.1) is 0 Å². The van der Waals surface area contributed by atoms with Gasteiger partial charge in [0.25, 0.3) is 0 Å². The van der Waals surface area contributed by atoms with Crippen LogP contribution in [0.25, 0.3) is 0 Å². The Morgan fingerprint density at radius 3 is 2.67 bits per heavy atom. The number of rotatable bonds is 5. The maximum absolute atomic E-state index is 5.49. The molecule has 0 atom stereocenters. The Morgan fingerprint density at radius 2 is 2.06 bits per heavy atom. The molecule has 0 radical (unpaired) electrons. The van der Waals surface area contributed by atoms with Gasteiger partial charge in [0.1, 0.15) is 0 Å². The third-order valence-electron chi connectivity index (χ3n) is 2.75. The summed E-state index contributed by atoms with van der Waals surface area (Å²) < 4.78 is 0. The lowest BCUT2D eigenvalue weighted by molar-refractivity contribution is 0.800. The molecule has 0 bridgehead atoms. The molecule has 0 unspecified atom stereocenters. The Hall–Kier alpha value is -1.55. The van der Waals surface area contributed by atoms with E-state index in [9.17, 15) is 0 Å². The van der Waals surface area contributed by atoms with E-state index in [2.05, 4.69) is 42.6 Å². The molecule has 0 spiro atoms. The van der Waals surface area contributed by atoms with E-state index in [1.165, 1.54) is 5.56 Å². The van der Waals surface area contributed by atoms with Gasteiger partial charge in [0.05, 0.1) is 0 Å². The molecule has 0 amide bonds. The minimum Gasteiger partial charge on any atom is -0.325 e. The molecule has 4 N–H and O–H groups in total. The van der Waals surface area contributed by atoms with Crippen LogP contribution in [-0.4, -0.2) is 12.5 Å². The first kappa shape index (κ1) is 14.5. The molecule has 1 aromatic rings. The molecule has 0 heterocycles. The average molecular weight is 248 g/mol. The van der Waals surface area contributed by atoms with Crippen LogP contribution in [0.4, 0.5) is 5.69 Å². The second kappa shape index (κ2) is 7.71. The second-order valence-corrected chi connectivity index (χ2v) is 4.60. The summed E-state index contributed by atoms with van der Waals surface area (Å²) in [5.74, 6) is 6.57. The van der Waals surface area contributed by atoms with E-state index in [-0.39, 0.29) is 0 Å². The number of anilines is 1. The van der Waals surface area contributed by atoms with E-state index >= 15 is 0 Å². The van der Waals surface area contributed by atoms with E-state index in [4.69, 9.17) is 5.84 Å². The predicted octanol–water partition coefficient (Wildman–Crippen LogP) is 2.84. The largest absolute Gasteiger partial charge is 0.325 e. The molecule has 4 heteroatoms. The molecule has 1 aromatic carbocycles. The first-order valence-electron chi connectivity index (χ1n) is 6.56. The molecule has 100 valence electrons. The van der Waals surface area contributed by atoms with Crippen LogP contribution >= 0.6 is 0 Å². The molecule has 0 aromatic heterocycles. The number of nitrogens with two attached hydrogens (primary N) is 1. The summed E-state index contributed by atoms with van der Waals surface area (Å²) in [6.45, 7) is 7.27. The quantitative estimate of drug-likeness (QED) is 0.247. The highest BCUT2D eigenvalue weighted by Gasteiger charge is 2.06. The lowest BCUT2D eigenvalue weighted by atomic mass is 10.0. The van der Waals surface area contributed by atoms with Crippen molar-refractivity contribution in [3.05, 3.63) is 29.8 Å². The number of hydrogen-bond acceptors (Lipinski definition) is 2. The Labute approximate surface area is 110 Å². The van der Waals surface area contributed by atoms with Crippen LogP contribution < -0.4 is 16.6 Å². The number of guanidine groups is 1. The number of hydrogen-bond donors (Lipinski definition) is 3. The van der Waals surface area contributed by atoms with Crippen LogP contribution in [-0.2, 0) is 0 Å². The van der Waals surface area contributed by atoms with Crippen molar-refractivity contribution >= 4 is 11.6 Å². The fourth-order valence-electron chi connectivity index (χ4n) is 1.71. The topological polar surface area (TPSA) is 62.4 Å². The number of hydrazine groups is 1. The van der Waals surface area contributed by atoms with Crippen molar-refractivity contribution in [2.45, 2.75) is 39.5 Å². The molecule has 0 aliphatic carbocycles. The molecule has 1 rings (SSSR count). The number of nitrogens with one attached hydrogen (secondary N) is 2. The second-order valence-electron chi connectivity index (χ2n) is 4.60. The van der Waals surface area contributed by atoms with Crippen molar-refractivity contribution in [3.8, 4) is 0 Å². The zero-order valence-corrected chi connectivity index (χ0v) is 11.5. The Bertz CT molecular complexity index is 385. The monoisotopic (exact) mass is 248 g/mol. The standard InChI is InChI=1S/C14H24N4/c1-4-5-10-16-14(18-15)17-13-9-7-6-8-12(13)11(2)3/h6-9,11H,4-5,10,15H2,1-3H3,(H2,16,17,18). The van der Waals surface area contributed by atoms with Crippen LogP contribution in [0.15, 0.2) is 29.3 Å². The molecule has 0 saturated carbocycles. The number of benzene rings is 1. The fourth-order valence-corrected chi connectivity index (χ4v) is 1.71. The fraction of sp³-hybridized carbons (Fsp3) is 0.500. The van der Waals surface area contributed by atoms with Crippen LogP contribution in [0.5, 0.6) is 0 Å². The third-order valence-corrected chi connectivity index (χ3v) is 2.75. The summed E-state index contributed by atoms with van der Waals surface area (Å²) in [4.78, 5) is 4.40. The van der Waals surface area contributed by atoms with E-state index < -0.39 is 0 Å². The van der Waals surface area contributed by atoms with Gasteiger partial charge in [-0.2, -0.15) is 0 Å². The van der Waals surface area contributed by atoms with E-state index in [0.29, 0.717) is 11.9 Å². The number of nitrogens with zero attached hydrogens (tertiary/aromatic N) is 1. The molecule has 0 saturated heterocycles. The lowest BCUT2D eigenvalue weighted by Crippen LogP contribution is -2.36. The van der Waals surface area contributed by atoms with Crippen molar-refractivity contribution in [1.82, 2.24) is 5.43 Å². The maximum atomic E-state index is 5.49. The van der Waals surface area contributed by atoms with Crippen LogP contribution in [0.3, 0.4) is 0 Å². The minimum atomic E-state index is 0.461. The summed E-state index contributed by atoms with van der Waals surface area (Å²) in [6.07, 6.45) is 2.20. The van der Waals surface area contributed by atoms with Gasteiger partial charge in [-0.1, -0.05) is 45.4 Å². The zero-order chi connectivity index (χ0) is 13.4. The van der Waals surface area contributed by atoms with Gasteiger partial charge in [-0.3, -0.25) is 10.4 Å². The van der Waals surface area contributed by atoms with Gasteiger partial charge in [0.2, 0.25) is 5.96 Å². The average Bonchev–Trinajstić information content (AvgIpc) is 2.38. The first-order chi connectivity index (χ1) is 8.69. The predicted molar refractivity (Wildman–Crippen MR) is 78.7 cm³/mol. The highest BCUT2D eigenvalue weighted by Crippen LogP contribution is 2.23. The number of aliphatic imine (C=N–C) groups is 1. The van der Waals surface area contributed by atoms with Crippen molar-refractivity contribution < 1.29 is 0 Å². The molecule has 0 aliphatic heterocycles. The summed E-state index contributed by atoms with van der Waals surface area (Å²) in [5.41, 5.74) is 4.93. The van der Waals surface area contributed by atoms with Gasteiger partial charge in [0, 0.05) is 12.2 Å². The lowest BCUT2D eigenvalue weighted by Gasteiger charge is -2.15. The third kappa shape index (κ3) is 4.37. The summed E-state index contributed by atoms with van der Waals surface area (Å²) in [7, 11) is 0. The molecular weight excluding hydrogens is 224 g/mol. The van der Waals surface area contributed by atoms with Gasteiger partial charge in [-0.05, 0) is 24.0 Å². The first-order valence-corrected chi connectivity index (χ1v) is 6.56. The van der Waals surface area contributed by atoms with Crippen molar-refractivity contribution in [1.29, 1.82) is 0 Å². The smallest absolute Gasteiger partial charge is 0.210 e. The van der Waals surface area contributed by atoms with Crippen LogP contribution in [0.1, 0.15) is 45.1 Å². The summed E-state index contributed by atoms with van der Waals surface area (Å²) >= 11 is 0. The highest BCUT2D eigenvalue weighted by atomic mass is 15.3. The molecule has 0 aliphatic rings. The van der Waals surface area contributed by atoms with Crippen LogP contribution in [0, 0.1) is 0 Å². The summed E-state index contributed by atoms with van der Waals surface area (Å²) in [6, 6.07) is 8.22. The zero-order valence-electron chi connectivity index (χ0n) is 11.5. The van der Waals surface area contributed by atoms with Gasteiger partial charge < -0.3 is 5.32 Å². The SMILES string of the molecule is CCCCN=C(NN)Nc1ccccc1C(C)C. The van der Waals surface area contributed by atoms with Gasteiger partial charge >= 0.3 is 0 Å². The molecule has 18 heavy (non-hydrogen) atoms. The highest BCUT2D eigenvalue weighted by molar-refractivity contribution is 5.94. The van der Waals surface area contributed by atoms with Crippen molar-refractivity contribution in [2.75, 3.05) is 11.9 Å². The molecule has 4 nitrogen and oxygen atoms in total. The van der Waals surface area contributed by atoms with E-state index in [1.807, 2.05) is 18.2 Å². The maximum Gasteiger partial charge on any atom is 0.210 e. The van der Waals surface area contributed by atoms with Crippen LogP contribution in [0.2, 0.25) is 0 Å². The van der Waals surface area contributed by atoms with Gasteiger partial charge in [-0.25, -0.2) is 5.84 Å². The Morgan fingerprint density at radius 1 is 1.33 bits per heavy atom. The molecule has 0 fully saturated rings. The van der Waals surface area contributed by atoms with E-state index in [1.54, 1.807) is 0 Å².